The number of hydrogen-bond acceptors (Lipinski definition) is 2. The normalized spacial score (nSPS) is 12.4. The number of hydrogen-bond donors (Lipinski definition) is 0. The molecule has 0 bridgehead atoms. The van der Waals surface area contributed by atoms with E-state index in [1.807, 2.05) is 114 Å². The SMILES string of the molecule is [2H]c1c([2H])c(N(c2ccc(-c3ccc(-c4ccc5ccccc5c4)cc3)cc2)c2cccc3oc4c5ccccc5ccc4c23)c([2H])c([2H])c1-c1cccc(-c2ccccc2)c1. The Labute approximate surface area is 343 Å². The molecule has 1 heterocycles. The maximum atomic E-state index is 9.67. The Bertz CT molecular complexity index is 3480. The smallest absolute Gasteiger partial charge is 0.143 e. The first kappa shape index (κ1) is 29.6. The average molecular weight is 744 g/mol. The molecule has 0 radical (unpaired) electrons. The van der Waals surface area contributed by atoms with E-state index in [-0.39, 0.29) is 35.4 Å². The van der Waals surface area contributed by atoms with Gasteiger partial charge in [-0.25, -0.2) is 0 Å². The molecule has 0 aliphatic rings. The molecule has 0 atom stereocenters. The monoisotopic (exact) mass is 743 g/mol. The lowest BCUT2D eigenvalue weighted by Gasteiger charge is -2.26. The van der Waals surface area contributed by atoms with Crippen molar-refractivity contribution in [3.63, 3.8) is 0 Å². The Morgan fingerprint density at radius 1 is 0.345 bits per heavy atom. The molecule has 11 aromatic rings. The molecule has 11 rings (SSSR count). The molecule has 272 valence electrons. The van der Waals surface area contributed by atoms with Gasteiger partial charge in [-0.1, -0.05) is 170 Å². The summed E-state index contributed by atoms with van der Waals surface area (Å²) >= 11 is 0. The van der Waals surface area contributed by atoms with Gasteiger partial charge in [0.25, 0.3) is 0 Å². The van der Waals surface area contributed by atoms with Gasteiger partial charge in [0.15, 0.2) is 0 Å². The predicted octanol–water partition coefficient (Wildman–Crippen LogP) is 16.0. The lowest BCUT2D eigenvalue weighted by molar-refractivity contribution is 0.672. The van der Waals surface area contributed by atoms with Crippen LogP contribution >= 0.6 is 0 Å². The molecule has 0 saturated carbocycles. The van der Waals surface area contributed by atoms with Crippen LogP contribution in [0.15, 0.2) is 229 Å². The molecule has 58 heavy (non-hydrogen) atoms. The van der Waals surface area contributed by atoms with E-state index in [2.05, 4.69) is 91.0 Å². The molecule has 0 unspecified atom stereocenters. The molecule has 0 aliphatic carbocycles. The second-order valence-corrected chi connectivity index (χ2v) is 14.6. The fraction of sp³-hybridized carbons (Fsp3) is 0. The van der Waals surface area contributed by atoms with Crippen LogP contribution < -0.4 is 4.90 Å². The molecule has 0 N–H and O–H groups in total. The summed E-state index contributed by atoms with van der Waals surface area (Å²) in [4.78, 5) is 1.87. The molecular weight excluding hydrogens is 703 g/mol. The van der Waals surface area contributed by atoms with E-state index in [0.29, 0.717) is 22.5 Å². The van der Waals surface area contributed by atoms with Crippen LogP contribution in [-0.2, 0) is 0 Å². The minimum atomic E-state index is -0.144. The maximum absolute atomic E-state index is 9.67. The van der Waals surface area contributed by atoms with Crippen molar-refractivity contribution in [1.29, 1.82) is 0 Å². The lowest BCUT2D eigenvalue weighted by atomic mass is 9.98. The summed E-state index contributed by atoms with van der Waals surface area (Å²) in [6.45, 7) is 0. The van der Waals surface area contributed by atoms with E-state index in [0.717, 1.165) is 60.5 Å². The third kappa shape index (κ3) is 6.00. The molecule has 0 spiro atoms. The summed E-state index contributed by atoms with van der Waals surface area (Å²) in [5.74, 6) is 0. The van der Waals surface area contributed by atoms with Crippen molar-refractivity contribution in [2.75, 3.05) is 4.90 Å². The van der Waals surface area contributed by atoms with Crippen LogP contribution in [0.4, 0.5) is 17.1 Å². The van der Waals surface area contributed by atoms with Crippen molar-refractivity contribution < 1.29 is 9.90 Å². The molecule has 2 nitrogen and oxygen atoms in total. The van der Waals surface area contributed by atoms with Crippen LogP contribution in [0, 0.1) is 0 Å². The Morgan fingerprint density at radius 3 is 1.67 bits per heavy atom. The minimum absolute atomic E-state index is 0.116. The number of nitrogens with zero attached hydrogens (tertiary/aromatic N) is 1. The summed E-state index contributed by atoms with van der Waals surface area (Å²) in [6.07, 6.45) is 0. The van der Waals surface area contributed by atoms with E-state index in [1.54, 1.807) is 0 Å². The van der Waals surface area contributed by atoms with E-state index in [9.17, 15) is 5.48 Å². The summed E-state index contributed by atoms with van der Waals surface area (Å²) in [5, 5.41) is 6.18. The second kappa shape index (κ2) is 14.1. The van der Waals surface area contributed by atoms with Gasteiger partial charge in [0.1, 0.15) is 11.2 Å². The predicted molar refractivity (Wildman–Crippen MR) is 245 cm³/mol. The van der Waals surface area contributed by atoms with Crippen molar-refractivity contribution in [2.45, 2.75) is 0 Å². The highest BCUT2D eigenvalue weighted by atomic mass is 16.3. The Hall–Kier alpha value is -7.68. The maximum Gasteiger partial charge on any atom is 0.143 e. The molecule has 1 aromatic heterocycles. The lowest BCUT2D eigenvalue weighted by Crippen LogP contribution is -2.10. The molecule has 0 fully saturated rings. The van der Waals surface area contributed by atoms with Crippen LogP contribution in [0.3, 0.4) is 0 Å². The second-order valence-electron chi connectivity index (χ2n) is 14.6. The van der Waals surface area contributed by atoms with Crippen LogP contribution in [0.25, 0.3) is 88.0 Å². The van der Waals surface area contributed by atoms with Gasteiger partial charge < -0.3 is 9.32 Å². The third-order valence-corrected chi connectivity index (χ3v) is 11.1. The zero-order valence-electron chi connectivity index (χ0n) is 35.4. The number of benzene rings is 10. The quantitative estimate of drug-likeness (QED) is 0.162. The first-order chi connectivity index (χ1) is 30.4. The Kier molecular flexibility index (Phi) is 7.20. The van der Waals surface area contributed by atoms with Crippen molar-refractivity contribution in [1.82, 2.24) is 0 Å². The van der Waals surface area contributed by atoms with Gasteiger partial charge in [0, 0.05) is 22.1 Å². The van der Waals surface area contributed by atoms with Gasteiger partial charge in [-0.2, -0.15) is 0 Å². The first-order valence-electron chi connectivity index (χ1n) is 21.5. The fourth-order valence-electron chi connectivity index (χ4n) is 8.18. The zero-order chi connectivity index (χ0) is 41.9. The highest BCUT2D eigenvalue weighted by molar-refractivity contribution is 6.19. The highest BCUT2D eigenvalue weighted by Crippen LogP contribution is 2.45. The minimum Gasteiger partial charge on any atom is -0.455 e. The van der Waals surface area contributed by atoms with Crippen molar-refractivity contribution in [3.8, 4) is 44.5 Å². The number of rotatable bonds is 7. The van der Waals surface area contributed by atoms with Crippen molar-refractivity contribution in [2.24, 2.45) is 0 Å². The van der Waals surface area contributed by atoms with Crippen LogP contribution in [0.1, 0.15) is 5.48 Å². The van der Waals surface area contributed by atoms with E-state index in [1.165, 1.54) is 10.8 Å². The summed E-state index contributed by atoms with van der Waals surface area (Å²) in [5.41, 5.74) is 10.1. The number of anilines is 3. The molecule has 0 saturated heterocycles. The van der Waals surface area contributed by atoms with Crippen molar-refractivity contribution >= 4 is 60.5 Å². The van der Waals surface area contributed by atoms with Gasteiger partial charge in [-0.15, -0.1) is 0 Å². The standard InChI is InChI=1S/C56H37NO/c1-2-10-38(11-3-1)46-15-8-16-47(36-46)43-28-33-50(34-29-43)57(53-18-9-19-54-55(53)52-35-30-44-13-6-7-17-51(44)56(52)58-54)49-31-26-41(27-32-49)40-20-22-42(23-21-40)48-25-24-39-12-4-5-14-45(39)37-48/h1-37H/i28D,29D,33D,34D. The van der Waals surface area contributed by atoms with Crippen LogP contribution in [0.2, 0.25) is 0 Å². The number of furan rings is 1. The van der Waals surface area contributed by atoms with Gasteiger partial charge in [0.2, 0.25) is 0 Å². The molecular formula is C56H37NO. The van der Waals surface area contributed by atoms with Crippen LogP contribution in [0.5, 0.6) is 0 Å². The average Bonchev–Trinajstić information content (AvgIpc) is 3.73. The Balaban J connectivity index is 1.06. The van der Waals surface area contributed by atoms with Crippen molar-refractivity contribution in [3.05, 3.63) is 224 Å². The molecule has 2 heteroatoms. The Morgan fingerprint density at radius 2 is 0.897 bits per heavy atom. The van der Waals surface area contributed by atoms with E-state index >= 15 is 0 Å². The van der Waals surface area contributed by atoms with Gasteiger partial charge in [0.05, 0.1) is 16.6 Å². The highest BCUT2D eigenvalue weighted by Gasteiger charge is 2.20. The van der Waals surface area contributed by atoms with E-state index < -0.39 is 0 Å². The fourth-order valence-corrected chi connectivity index (χ4v) is 8.18. The summed E-state index contributed by atoms with van der Waals surface area (Å²) < 4.78 is 44.9. The van der Waals surface area contributed by atoms with Crippen LogP contribution in [-0.4, -0.2) is 0 Å². The molecule has 0 aliphatic heterocycles. The zero-order valence-corrected chi connectivity index (χ0v) is 31.4. The van der Waals surface area contributed by atoms with Gasteiger partial charge in [-0.05, 0) is 115 Å². The summed E-state index contributed by atoms with van der Waals surface area (Å²) in [6, 6.07) is 66.8. The largest absolute Gasteiger partial charge is 0.455 e. The van der Waals surface area contributed by atoms with E-state index in [4.69, 9.17) is 4.42 Å². The summed E-state index contributed by atoms with van der Waals surface area (Å²) in [7, 11) is 0. The topological polar surface area (TPSA) is 16.4 Å². The number of fused-ring (bicyclic) bond motifs is 6. The van der Waals surface area contributed by atoms with Gasteiger partial charge in [-0.3, -0.25) is 0 Å². The molecule has 10 aromatic carbocycles. The van der Waals surface area contributed by atoms with Gasteiger partial charge >= 0.3 is 0 Å². The third-order valence-electron chi connectivity index (χ3n) is 11.1. The first-order valence-corrected chi connectivity index (χ1v) is 19.5. The molecule has 0 amide bonds.